The largest absolute Gasteiger partial charge is 0.493 e. The van der Waals surface area contributed by atoms with Crippen LogP contribution in [0.5, 0.6) is 5.88 Å². The Morgan fingerprint density at radius 1 is 0.923 bits per heavy atom. The van der Waals surface area contributed by atoms with E-state index in [1.165, 1.54) is 22.5 Å². The van der Waals surface area contributed by atoms with Gasteiger partial charge in [0.25, 0.3) is 15.9 Å². The number of carbonyl (C=O) groups is 1. The van der Waals surface area contributed by atoms with Crippen LogP contribution >= 0.6 is 11.6 Å². The minimum absolute atomic E-state index is 0.0326. The molecule has 1 heterocycles. The number of nitrogens with one attached hydrogen (secondary N) is 1. The summed E-state index contributed by atoms with van der Waals surface area (Å²) >= 11 is 6.04. The highest BCUT2D eigenvalue weighted by molar-refractivity contribution is 7.92. The fourth-order valence-corrected chi connectivity index (χ4v) is 5.73. The number of fused-ring (bicyclic) bond motifs is 1. The number of sulfonamides is 1. The van der Waals surface area contributed by atoms with Crippen LogP contribution < -0.4 is 4.31 Å². The van der Waals surface area contributed by atoms with Crippen molar-refractivity contribution in [2.24, 2.45) is 10.2 Å². The van der Waals surface area contributed by atoms with Crippen molar-refractivity contribution in [1.82, 2.24) is 4.98 Å². The average molecular weight is 559 g/mol. The number of azo groups is 1. The number of carbonyl (C=O) groups excluding carboxylic acids is 1. The molecule has 0 aliphatic carbocycles. The third-order valence-electron chi connectivity index (χ3n) is 6.15. The van der Waals surface area contributed by atoms with Crippen molar-refractivity contribution >= 4 is 49.8 Å². The predicted molar refractivity (Wildman–Crippen MR) is 151 cm³/mol. The van der Waals surface area contributed by atoms with Crippen LogP contribution in [-0.2, 0) is 16.6 Å². The van der Waals surface area contributed by atoms with Gasteiger partial charge in [0, 0.05) is 10.4 Å². The number of para-hydroxylation sites is 2. The van der Waals surface area contributed by atoms with Crippen molar-refractivity contribution in [2.75, 3.05) is 4.31 Å². The first-order valence-corrected chi connectivity index (χ1v) is 13.7. The Kier molecular flexibility index (Phi) is 7.19. The van der Waals surface area contributed by atoms with Crippen LogP contribution in [-0.4, -0.2) is 24.4 Å². The van der Waals surface area contributed by atoms with E-state index < -0.39 is 15.9 Å². The molecule has 8 nitrogen and oxygen atoms in total. The summed E-state index contributed by atoms with van der Waals surface area (Å²) in [5.41, 5.74) is 2.50. The average Bonchev–Trinajstić information content (AvgIpc) is 3.26. The summed E-state index contributed by atoms with van der Waals surface area (Å²) in [7, 11) is -4.10. The fraction of sp³-hybridized carbons (Fsp3) is 0.0690. The molecule has 0 aliphatic rings. The Bertz CT molecular complexity index is 1800. The molecule has 10 heteroatoms. The number of aromatic hydroxyl groups is 1. The number of anilines is 1. The predicted octanol–water partition coefficient (Wildman–Crippen LogP) is 7.15. The summed E-state index contributed by atoms with van der Waals surface area (Å²) in [5.74, 6) is -0.997. The third kappa shape index (κ3) is 5.41. The molecular formula is C29H23ClN4O4S. The molecule has 0 fully saturated rings. The topological polar surface area (TPSA) is 115 Å². The van der Waals surface area contributed by atoms with E-state index >= 15 is 0 Å². The van der Waals surface area contributed by atoms with Crippen LogP contribution in [0.15, 0.2) is 112 Å². The number of aryl methyl sites for hydroxylation is 1. The number of nitrogens with zero attached hydrogens (tertiary/aromatic N) is 3. The van der Waals surface area contributed by atoms with E-state index in [1.54, 1.807) is 78.9 Å². The molecule has 0 spiro atoms. The van der Waals surface area contributed by atoms with E-state index in [0.717, 1.165) is 5.56 Å². The fourth-order valence-electron chi connectivity index (χ4n) is 4.13. The van der Waals surface area contributed by atoms with Gasteiger partial charge in [-0.15, -0.1) is 10.2 Å². The highest BCUT2D eigenvalue weighted by Crippen LogP contribution is 2.36. The van der Waals surface area contributed by atoms with E-state index in [9.17, 15) is 18.3 Å². The van der Waals surface area contributed by atoms with Gasteiger partial charge in [-0.2, -0.15) is 0 Å². The number of benzene rings is 4. The van der Waals surface area contributed by atoms with Gasteiger partial charge in [-0.25, -0.2) is 8.42 Å². The monoisotopic (exact) mass is 558 g/mol. The van der Waals surface area contributed by atoms with Crippen LogP contribution in [0.25, 0.3) is 10.9 Å². The zero-order valence-corrected chi connectivity index (χ0v) is 22.3. The van der Waals surface area contributed by atoms with Gasteiger partial charge in [0.1, 0.15) is 0 Å². The van der Waals surface area contributed by atoms with Gasteiger partial charge in [-0.1, -0.05) is 71.8 Å². The molecular weight excluding hydrogens is 536 g/mol. The Morgan fingerprint density at radius 3 is 2.33 bits per heavy atom. The van der Waals surface area contributed by atoms with E-state index in [1.807, 2.05) is 6.92 Å². The van der Waals surface area contributed by atoms with E-state index in [2.05, 4.69) is 15.2 Å². The standard InChI is InChI=1S/C29H23ClN4O4S/c1-19-10-16-22(17-11-19)39(37,38)34(18-20-12-14-21(30)15-13-20)26-9-5-3-7-24(26)28(35)33-32-27-23-6-2-4-8-25(23)31-29(27)36/h2-17,31,36H,18H2,1H3. The number of hydrogen-bond acceptors (Lipinski definition) is 5. The lowest BCUT2D eigenvalue weighted by Gasteiger charge is -2.26. The van der Waals surface area contributed by atoms with E-state index in [0.29, 0.717) is 21.5 Å². The van der Waals surface area contributed by atoms with Crippen molar-refractivity contribution in [1.29, 1.82) is 0 Å². The highest BCUT2D eigenvalue weighted by Gasteiger charge is 2.29. The number of H-pyrrole nitrogens is 1. The van der Waals surface area contributed by atoms with Crippen molar-refractivity contribution in [2.45, 2.75) is 18.4 Å². The number of aromatic nitrogens is 1. The Labute approximate surface area is 230 Å². The van der Waals surface area contributed by atoms with Gasteiger partial charge in [0.05, 0.1) is 28.2 Å². The zero-order valence-electron chi connectivity index (χ0n) is 20.7. The zero-order chi connectivity index (χ0) is 27.6. The number of halogens is 1. The number of hydrogen-bond donors (Lipinski definition) is 2. The molecule has 39 heavy (non-hydrogen) atoms. The van der Waals surface area contributed by atoms with Gasteiger partial charge in [-0.05, 0) is 55.0 Å². The van der Waals surface area contributed by atoms with Crippen LogP contribution in [0.3, 0.4) is 0 Å². The molecule has 0 atom stereocenters. The number of aromatic amines is 1. The van der Waals surface area contributed by atoms with E-state index in [4.69, 9.17) is 11.6 Å². The normalized spacial score (nSPS) is 11.7. The second-order valence-electron chi connectivity index (χ2n) is 8.84. The summed E-state index contributed by atoms with van der Waals surface area (Å²) in [6.45, 7) is 1.81. The summed E-state index contributed by atoms with van der Waals surface area (Å²) < 4.78 is 29.0. The Balaban J connectivity index is 1.58. The second kappa shape index (κ2) is 10.7. The lowest BCUT2D eigenvalue weighted by atomic mass is 10.1. The smallest absolute Gasteiger partial charge is 0.297 e. The van der Waals surface area contributed by atoms with Crippen LogP contribution in [0.1, 0.15) is 21.5 Å². The third-order valence-corrected chi connectivity index (χ3v) is 8.18. The van der Waals surface area contributed by atoms with Crippen LogP contribution in [0, 0.1) is 6.92 Å². The summed E-state index contributed by atoms with van der Waals surface area (Å²) in [4.78, 5) is 16.2. The first-order valence-electron chi connectivity index (χ1n) is 11.9. The molecule has 0 aliphatic heterocycles. The maximum atomic E-state index is 13.9. The second-order valence-corrected chi connectivity index (χ2v) is 11.1. The van der Waals surface area contributed by atoms with Crippen molar-refractivity contribution in [3.63, 3.8) is 0 Å². The lowest BCUT2D eigenvalue weighted by Crippen LogP contribution is -2.31. The molecule has 4 aromatic carbocycles. The van der Waals surface area contributed by atoms with Gasteiger partial charge in [0.15, 0.2) is 5.69 Å². The molecule has 0 saturated carbocycles. The summed E-state index contributed by atoms with van der Waals surface area (Å²) in [5, 5.41) is 19.2. The quantitative estimate of drug-likeness (QED) is 0.206. The molecule has 5 rings (SSSR count). The first kappa shape index (κ1) is 26.1. The van der Waals surface area contributed by atoms with Gasteiger partial charge in [0.2, 0.25) is 5.88 Å². The molecule has 0 unspecified atom stereocenters. The molecule has 2 N–H and O–H groups in total. The highest BCUT2D eigenvalue weighted by atomic mass is 35.5. The first-order chi connectivity index (χ1) is 18.7. The summed E-state index contributed by atoms with van der Waals surface area (Å²) in [6.07, 6.45) is 0. The van der Waals surface area contributed by atoms with Crippen molar-refractivity contribution in [3.8, 4) is 5.88 Å². The van der Waals surface area contributed by atoms with Gasteiger partial charge in [-0.3, -0.25) is 9.10 Å². The molecule has 196 valence electrons. The molecule has 5 aromatic rings. The number of amides is 1. The maximum absolute atomic E-state index is 13.9. The number of rotatable bonds is 7. The SMILES string of the molecule is Cc1ccc(S(=O)(=O)N(Cc2ccc(Cl)cc2)c2ccccc2C(=O)N=Nc2c(O)[nH]c3ccccc23)cc1. The molecule has 0 saturated heterocycles. The van der Waals surface area contributed by atoms with Crippen LogP contribution in [0.2, 0.25) is 5.02 Å². The minimum atomic E-state index is -4.10. The van der Waals surface area contributed by atoms with Crippen molar-refractivity contribution in [3.05, 3.63) is 119 Å². The van der Waals surface area contributed by atoms with Crippen molar-refractivity contribution < 1.29 is 18.3 Å². The lowest BCUT2D eigenvalue weighted by molar-refractivity contribution is 0.0995. The van der Waals surface area contributed by atoms with E-state index in [-0.39, 0.29) is 34.3 Å². The van der Waals surface area contributed by atoms with Gasteiger partial charge < -0.3 is 10.1 Å². The molecule has 1 aromatic heterocycles. The Hall–Kier alpha value is -4.47. The minimum Gasteiger partial charge on any atom is -0.493 e. The summed E-state index contributed by atoms with van der Waals surface area (Å²) in [6, 6.07) is 26.7. The molecule has 1 amide bonds. The van der Waals surface area contributed by atoms with Gasteiger partial charge >= 0.3 is 0 Å². The Morgan fingerprint density at radius 2 is 1.59 bits per heavy atom. The maximum Gasteiger partial charge on any atom is 0.297 e. The molecule has 0 bridgehead atoms. The molecule has 0 radical (unpaired) electrons. The van der Waals surface area contributed by atoms with Crippen LogP contribution in [0.4, 0.5) is 11.4 Å².